The molecule has 37 heavy (non-hydrogen) atoms. The molecule has 10 nitrogen and oxygen atoms in total. The highest BCUT2D eigenvalue weighted by atomic mass is 16.5. The van der Waals surface area contributed by atoms with Crippen molar-refractivity contribution in [1.82, 2.24) is 20.1 Å². The minimum absolute atomic E-state index is 0.0311. The lowest BCUT2D eigenvalue weighted by molar-refractivity contribution is -0.118. The third kappa shape index (κ3) is 3.47. The Bertz CT molecular complexity index is 1580. The molecule has 2 aromatic heterocycles. The first-order chi connectivity index (χ1) is 17.8. The molecular weight excluding hydrogens is 472 g/mol. The SMILES string of the molecule is COc1ccc2c(c1)[C@]1(C[C@H]1c1ccc3c(Nc4cnc(C(=O)N(C)C)cc4OC)n[nH]c3c1)C(=O)N2. The van der Waals surface area contributed by atoms with Crippen LogP contribution >= 0.6 is 0 Å². The summed E-state index contributed by atoms with van der Waals surface area (Å²) in [4.78, 5) is 31.0. The topological polar surface area (TPSA) is 121 Å². The highest BCUT2D eigenvalue weighted by Gasteiger charge is 2.65. The number of rotatable bonds is 6. The van der Waals surface area contributed by atoms with E-state index in [-0.39, 0.29) is 23.4 Å². The molecule has 4 aromatic rings. The van der Waals surface area contributed by atoms with Crippen LogP contribution in [0.3, 0.4) is 0 Å². The van der Waals surface area contributed by atoms with E-state index in [4.69, 9.17) is 9.47 Å². The third-order valence-electron chi connectivity index (χ3n) is 7.28. The number of nitrogens with zero attached hydrogens (tertiary/aromatic N) is 3. The fraction of sp³-hybridized carbons (Fsp3) is 0.259. The number of amides is 2. The molecule has 1 fully saturated rings. The fourth-order valence-electron chi connectivity index (χ4n) is 5.22. The maximum Gasteiger partial charge on any atom is 0.272 e. The first-order valence-corrected chi connectivity index (χ1v) is 11.9. The van der Waals surface area contributed by atoms with Crippen molar-refractivity contribution in [2.24, 2.45) is 0 Å². The zero-order valence-corrected chi connectivity index (χ0v) is 20.9. The van der Waals surface area contributed by atoms with E-state index in [0.717, 1.165) is 39.9 Å². The van der Waals surface area contributed by atoms with Gasteiger partial charge in [-0.2, -0.15) is 5.10 Å². The molecule has 1 spiro atoms. The number of methoxy groups -OCH3 is 2. The maximum atomic E-state index is 13.0. The molecule has 0 unspecified atom stereocenters. The van der Waals surface area contributed by atoms with Crippen LogP contribution in [0.25, 0.3) is 10.9 Å². The largest absolute Gasteiger partial charge is 0.497 e. The van der Waals surface area contributed by atoms with E-state index >= 15 is 0 Å². The van der Waals surface area contributed by atoms with Gasteiger partial charge in [-0.25, -0.2) is 4.98 Å². The van der Waals surface area contributed by atoms with Crippen molar-refractivity contribution in [3.8, 4) is 11.5 Å². The Balaban J connectivity index is 1.28. The number of carbonyl (C=O) groups is 2. The molecule has 1 aliphatic carbocycles. The number of ether oxygens (including phenoxy) is 2. The predicted molar refractivity (Wildman–Crippen MR) is 139 cm³/mol. The average Bonchev–Trinajstić information content (AvgIpc) is 3.46. The van der Waals surface area contributed by atoms with E-state index in [1.165, 1.54) is 12.0 Å². The number of aromatic nitrogens is 3. The predicted octanol–water partition coefficient (Wildman–Crippen LogP) is 3.80. The van der Waals surface area contributed by atoms with Gasteiger partial charge < -0.3 is 25.0 Å². The lowest BCUT2D eigenvalue weighted by Gasteiger charge is -2.13. The summed E-state index contributed by atoms with van der Waals surface area (Å²) in [5.74, 6) is 1.71. The van der Waals surface area contributed by atoms with Gasteiger partial charge in [-0.3, -0.25) is 14.7 Å². The van der Waals surface area contributed by atoms with Crippen LogP contribution in [0.15, 0.2) is 48.7 Å². The van der Waals surface area contributed by atoms with Crippen LogP contribution in [0.1, 0.15) is 34.0 Å². The molecule has 188 valence electrons. The van der Waals surface area contributed by atoms with E-state index in [0.29, 0.717) is 17.3 Å². The van der Waals surface area contributed by atoms with Crippen LogP contribution in [0.2, 0.25) is 0 Å². The van der Waals surface area contributed by atoms with Crippen molar-refractivity contribution < 1.29 is 19.1 Å². The number of nitrogens with one attached hydrogen (secondary N) is 3. The monoisotopic (exact) mass is 498 g/mol. The number of hydrogen-bond donors (Lipinski definition) is 3. The Labute approximate surface area is 213 Å². The summed E-state index contributed by atoms with van der Waals surface area (Å²) in [7, 11) is 6.51. The Morgan fingerprint density at radius 1 is 1.14 bits per heavy atom. The summed E-state index contributed by atoms with van der Waals surface area (Å²) in [6.07, 6.45) is 2.30. The van der Waals surface area contributed by atoms with Crippen LogP contribution in [0.5, 0.6) is 11.5 Å². The number of H-pyrrole nitrogens is 1. The van der Waals surface area contributed by atoms with Crippen LogP contribution in [0, 0.1) is 0 Å². The molecule has 2 amide bonds. The molecule has 3 heterocycles. The Morgan fingerprint density at radius 3 is 2.73 bits per heavy atom. The van der Waals surface area contributed by atoms with Gasteiger partial charge in [0.05, 0.1) is 31.3 Å². The number of pyridine rings is 1. The molecule has 3 N–H and O–H groups in total. The van der Waals surface area contributed by atoms with Gasteiger partial charge in [-0.15, -0.1) is 0 Å². The van der Waals surface area contributed by atoms with Crippen LogP contribution < -0.4 is 20.1 Å². The summed E-state index contributed by atoms with van der Waals surface area (Å²) in [5.41, 5.74) is 4.07. The van der Waals surface area contributed by atoms with Crippen molar-refractivity contribution in [2.45, 2.75) is 17.8 Å². The van der Waals surface area contributed by atoms with Crippen molar-refractivity contribution in [1.29, 1.82) is 0 Å². The summed E-state index contributed by atoms with van der Waals surface area (Å²) in [6, 6.07) is 13.4. The number of carbonyl (C=O) groups excluding carboxylic acids is 2. The molecule has 0 bridgehead atoms. The summed E-state index contributed by atoms with van der Waals surface area (Å²) < 4.78 is 10.9. The van der Waals surface area contributed by atoms with Gasteiger partial charge in [-0.1, -0.05) is 6.07 Å². The second-order valence-electron chi connectivity index (χ2n) is 9.57. The lowest BCUT2D eigenvalue weighted by Crippen LogP contribution is -2.22. The molecule has 2 aromatic carbocycles. The van der Waals surface area contributed by atoms with Gasteiger partial charge in [0.25, 0.3) is 5.91 Å². The second-order valence-corrected chi connectivity index (χ2v) is 9.57. The maximum absolute atomic E-state index is 13.0. The first-order valence-electron chi connectivity index (χ1n) is 11.9. The lowest BCUT2D eigenvalue weighted by atomic mass is 9.91. The van der Waals surface area contributed by atoms with Gasteiger partial charge in [0.2, 0.25) is 5.91 Å². The van der Waals surface area contributed by atoms with Crippen LogP contribution in [0.4, 0.5) is 17.2 Å². The smallest absolute Gasteiger partial charge is 0.272 e. The van der Waals surface area contributed by atoms with Crippen molar-refractivity contribution in [2.75, 3.05) is 38.9 Å². The molecule has 6 rings (SSSR count). The molecule has 10 heteroatoms. The Kier molecular flexibility index (Phi) is 5.08. The standard InChI is InChI=1S/C27H26N6O4/c1-33(2)25(34)21-11-23(37-4)22(13-28-21)29-24-16-7-5-14(9-20(16)31-32-24)18-12-27(18)17-10-15(36-3)6-8-19(17)30-26(27)35/h5-11,13,18H,12H2,1-4H3,(H,30,35)(H2,29,31,32)/t18-,27-/m0/s1. The van der Waals surface area contributed by atoms with Crippen LogP contribution in [-0.2, 0) is 10.2 Å². The zero-order chi connectivity index (χ0) is 25.9. The molecule has 0 radical (unpaired) electrons. The minimum atomic E-state index is -0.566. The average molecular weight is 499 g/mol. The number of anilines is 3. The summed E-state index contributed by atoms with van der Waals surface area (Å²) in [5, 5.41) is 14.7. The van der Waals surface area contributed by atoms with Crippen molar-refractivity contribution in [3.63, 3.8) is 0 Å². The third-order valence-corrected chi connectivity index (χ3v) is 7.28. The van der Waals surface area contributed by atoms with Gasteiger partial charge in [-0.05, 0) is 47.9 Å². The highest BCUT2D eigenvalue weighted by Crippen LogP contribution is 2.65. The second kappa shape index (κ2) is 8.22. The molecule has 0 saturated heterocycles. The Morgan fingerprint density at radius 2 is 1.97 bits per heavy atom. The number of hydrogen-bond acceptors (Lipinski definition) is 7. The van der Waals surface area contributed by atoms with E-state index in [1.807, 2.05) is 36.4 Å². The highest BCUT2D eigenvalue weighted by molar-refractivity contribution is 6.10. The molecule has 1 aliphatic heterocycles. The Hall–Kier alpha value is -4.60. The number of benzene rings is 2. The fourth-order valence-corrected chi connectivity index (χ4v) is 5.22. The summed E-state index contributed by atoms with van der Waals surface area (Å²) in [6.45, 7) is 0. The quantitative estimate of drug-likeness (QED) is 0.370. The molecular formula is C27H26N6O4. The normalized spacial score (nSPS) is 19.5. The zero-order valence-electron chi connectivity index (χ0n) is 20.9. The van der Waals surface area contributed by atoms with Crippen LogP contribution in [-0.4, -0.2) is 60.2 Å². The first kappa shape index (κ1) is 22.8. The van der Waals surface area contributed by atoms with Gasteiger partial charge in [0.1, 0.15) is 22.9 Å². The van der Waals surface area contributed by atoms with E-state index < -0.39 is 5.41 Å². The number of aromatic amines is 1. The van der Waals surface area contributed by atoms with Crippen molar-refractivity contribution >= 4 is 39.9 Å². The van der Waals surface area contributed by atoms with E-state index in [2.05, 4.69) is 25.8 Å². The van der Waals surface area contributed by atoms with E-state index in [9.17, 15) is 9.59 Å². The molecule has 2 aliphatic rings. The minimum Gasteiger partial charge on any atom is -0.497 e. The van der Waals surface area contributed by atoms with Crippen molar-refractivity contribution in [3.05, 3.63) is 65.5 Å². The summed E-state index contributed by atoms with van der Waals surface area (Å²) >= 11 is 0. The number of fused-ring (bicyclic) bond motifs is 3. The molecule has 1 saturated carbocycles. The van der Waals surface area contributed by atoms with Gasteiger partial charge in [0.15, 0.2) is 5.82 Å². The van der Waals surface area contributed by atoms with Gasteiger partial charge in [0, 0.05) is 37.2 Å². The molecule has 2 atom stereocenters. The van der Waals surface area contributed by atoms with Gasteiger partial charge >= 0.3 is 0 Å². The van der Waals surface area contributed by atoms with E-state index in [1.54, 1.807) is 33.5 Å².